The predicted octanol–water partition coefficient (Wildman–Crippen LogP) is 3.95. The van der Waals surface area contributed by atoms with Gasteiger partial charge < -0.3 is 9.64 Å². The van der Waals surface area contributed by atoms with Gasteiger partial charge in [-0.25, -0.2) is 9.64 Å². The first-order chi connectivity index (χ1) is 15.1. The van der Waals surface area contributed by atoms with Crippen molar-refractivity contribution in [3.05, 3.63) is 82.7 Å². The SMILES string of the molecule is [C-]#[N+]c1ccc2cc(N3CCN(CCc4ccc5c(c4)COC5=O)CC3=O)ccc2c1. The third kappa shape index (κ3) is 3.76. The highest BCUT2D eigenvalue weighted by Crippen LogP contribution is 2.27. The quantitative estimate of drug-likeness (QED) is 0.482. The fourth-order valence-corrected chi connectivity index (χ4v) is 4.27. The summed E-state index contributed by atoms with van der Waals surface area (Å²) in [6.07, 6.45) is 0.827. The van der Waals surface area contributed by atoms with Crippen LogP contribution in [-0.4, -0.2) is 43.0 Å². The van der Waals surface area contributed by atoms with Gasteiger partial charge in [-0.3, -0.25) is 9.69 Å². The van der Waals surface area contributed by atoms with Crippen LogP contribution in [0.5, 0.6) is 0 Å². The molecule has 0 aromatic heterocycles. The Kier molecular flexibility index (Phi) is 4.89. The number of benzene rings is 3. The van der Waals surface area contributed by atoms with Crippen molar-refractivity contribution >= 4 is 34.0 Å². The summed E-state index contributed by atoms with van der Waals surface area (Å²) in [5.74, 6) is -0.153. The zero-order valence-corrected chi connectivity index (χ0v) is 17.0. The van der Waals surface area contributed by atoms with Gasteiger partial charge in [-0.15, -0.1) is 0 Å². The summed E-state index contributed by atoms with van der Waals surface area (Å²) in [6.45, 7) is 10.1. The van der Waals surface area contributed by atoms with E-state index in [9.17, 15) is 9.59 Å². The number of carbonyl (C=O) groups excluding carboxylic acids is 2. The van der Waals surface area contributed by atoms with Gasteiger partial charge in [-0.05, 0) is 47.0 Å². The second kappa shape index (κ2) is 7.86. The van der Waals surface area contributed by atoms with Crippen molar-refractivity contribution in [1.29, 1.82) is 0 Å². The highest BCUT2D eigenvalue weighted by Gasteiger charge is 2.25. The van der Waals surface area contributed by atoms with Crippen LogP contribution < -0.4 is 4.90 Å². The van der Waals surface area contributed by atoms with Crippen LogP contribution in [0.4, 0.5) is 11.4 Å². The minimum atomic E-state index is -0.246. The van der Waals surface area contributed by atoms with Gasteiger partial charge in [0.25, 0.3) is 0 Å². The zero-order valence-electron chi connectivity index (χ0n) is 17.0. The molecule has 1 amide bonds. The number of fused-ring (bicyclic) bond motifs is 2. The van der Waals surface area contributed by atoms with Crippen molar-refractivity contribution in [3.8, 4) is 0 Å². The molecule has 6 heteroatoms. The number of hydrogen-bond donors (Lipinski definition) is 0. The molecule has 0 saturated carbocycles. The average molecular weight is 411 g/mol. The molecule has 0 unspecified atom stereocenters. The first-order valence-corrected chi connectivity index (χ1v) is 10.3. The lowest BCUT2D eigenvalue weighted by molar-refractivity contribution is -0.121. The molecular weight excluding hydrogens is 390 g/mol. The first-order valence-electron chi connectivity index (χ1n) is 10.3. The normalized spacial score (nSPS) is 16.3. The third-order valence-electron chi connectivity index (χ3n) is 6.01. The van der Waals surface area contributed by atoms with E-state index in [-0.39, 0.29) is 11.9 Å². The summed E-state index contributed by atoms with van der Waals surface area (Å²) in [5.41, 5.74) is 4.28. The smallest absolute Gasteiger partial charge is 0.338 e. The fourth-order valence-electron chi connectivity index (χ4n) is 4.27. The summed E-state index contributed by atoms with van der Waals surface area (Å²) in [5, 5.41) is 2.03. The number of anilines is 1. The molecule has 0 spiro atoms. The number of cyclic esters (lactones) is 1. The zero-order chi connectivity index (χ0) is 21.4. The number of piperazine rings is 1. The largest absolute Gasteiger partial charge is 0.457 e. The predicted molar refractivity (Wildman–Crippen MR) is 118 cm³/mol. The average Bonchev–Trinajstić information content (AvgIpc) is 3.17. The first kappa shape index (κ1) is 19.3. The van der Waals surface area contributed by atoms with E-state index >= 15 is 0 Å². The van der Waals surface area contributed by atoms with E-state index in [1.54, 1.807) is 6.07 Å². The molecular formula is C25H21N3O3. The third-order valence-corrected chi connectivity index (χ3v) is 6.01. The Hall–Kier alpha value is -3.69. The summed E-state index contributed by atoms with van der Waals surface area (Å²) < 4.78 is 5.07. The molecule has 5 rings (SSSR count). The molecule has 3 aromatic rings. The molecule has 31 heavy (non-hydrogen) atoms. The van der Waals surface area contributed by atoms with E-state index in [1.165, 1.54) is 0 Å². The van der Waals surface area contributed by atoms with E-state index in [1.807, 2.05) is 53.4 Å². The maximum Gasteiger partial charge on any atom is 0.338 e. The summed E-state index contributed by atoms with van der Waals surface area (Å²) in [7, 11) is 0. The summed E-state index contributed by atoms with van der Waals surface area (Å²) in [4.78, 5) is 31.9. The van der Waals surface area contributed by atoms with Gasteiger partial charge in [0, 0.05) is 30.9 Å². The van der Waals surface area contributed by atoms with Crippen LogP contribution in [0.15, 0.2) is 54.6 Å². The van der Waals surface area contributed by atoms with Gasteiger partial charge in [-0.2, -0.15) is 0 Å². The highest BCUT2D eigenvalue weighted by molar-refractivity contribution is 5.98. The van der Waals surface area contributed by atoms with Crippen molar-refractivity contribution in [3.63, 3.8) is 0 Å². The van der Waals surface area contributed by atoms with Crippen LogP contribution in [-0.2, 0) is 22.6 Å². The lowest BCUT2D eigenvalue weighted by Crippen LogP contribution is -2.50. The summed E-state index contributed by atoms with van der Waals surface area (Å²) in [6, 6.07) is 17.4. The molecule has 2 aliphatic heterocycles. The number of nitrogens with zero attached hydrogens (tertiary/aromatic N) is 3. The van der Waals surface area contributed by atoms with Crippen molar-refractivity contribution in [2.75, 3.05) is 31.1 Å². The Morgan fingerprint density at radius 3 is 2.65 bits per heavy atom. The maximum atomic E-state index is 12.8. The van der Waals surface area contributed by atoms with E-state index in [4.69, 9.17) is 11.3 Å². The molecule has 154 valence electrons. The molecule has 0 radical (unpaired) electrons. The van der Waals surface area contributed by atoms with Gasteiger partial charge in [0.15, 0.2) is 5.69 Å². The Balaban J connectivity index is 1.22. The standard InChI is InChI=1S/C25H21N3O3/c1-26-21-5-3-19-14-22(6-4-18(19)13-21)28-11-10-27(15-24(28)29)9-8-17-2-7-23-20(12-17)16-31-25(23)30/h2-7,12-14H,8-11,15-16H2. The molecule has 3 aromatic carbocycles. The lowest BCUT2D eigenvalue weighted by atomic mass is 10.0. The Bertz CT molecular complexity index is 1240. The number of ether oxygens (including phenoxy) is 1. The highest BCUT2D eigenvalue weighted by atomic mass is 16.5. The fraction of sp³-hybridized carbons (Fsp3) is 0.240. The number of hydrogen-bond acceptors (Lipinski definition) is 4. The molecule has 0 N–H and O–H groups in total. The van der Waals surface area contributed by atoms with Gasteiger partial charge >= 0.3 is 5.97 Å². The lowest BCUT2D eigenvalue weighted by Gasteiger charge is -2.34. The minimum absolute atomic E-state index is 0.0938. The van der Waals surface area contributed by atoms with Crippen LogP contribution in [0, 0.1) is 6.57 Å². The summed E-state index contributed by atoms with van der Waals surface area (Å²) >= 11 is 0. The van der Waals surface area contributed by atoms with E-state index < -0.39 is 0 Å². The second-order valence-electron chi connectivity index (χ2n) is 7.97. The second-order valence-corrected chi connectivity index (χ2v) is 7.97. The number of amides is 1. The van der Waals surface area contributed by atoms with Gasteiger partial charge in [-0.1, -0.05) is 30.3 Å². The Morgan fingerprint density at radius 2 is 1.81 bits per heavy atom. The van der Waals surface area contributed by atoms with Gasteiger partial charge in [0.2, 0.25) is 5.91 Å². The van der Waals surface area contributed by atoms with E-state index in [2.05, 4.69) is 9.74 Å². The van der Waals surface area contributed by atoms with Crippen molar-refractivity contribution in [2.24, 2.45) is 0 Å². The molecule has 2 heterocycles. The monoisotopic (exact) mass is 411 g/mol. The Morgan fingerprint density at radius 1 is 0.968 bits per heavy atom. The molecule has 1 fully saturated rings. The van der Waals surface area contributed by atoms with Crippen molar-refractivity contribution < 1.29 is 14.3 Å². The molecule has 0 atom stereocenters. The van der Waals surface area contributed by atoms with Crippen molar-refractivity contribution in [2.45, 2.75) is 13.0 Å². The van der Waals surface area contributed by atoms with Gasteiger partial charge in [0.1, 0.15) is 6.61 Å². The maximum absolute atomic E-state index is 12.8. The molecule has 2 aliphatic rings. The van der Waals surface area contributed by atoms with E-state index in [0.717, 1.165) is 47.1 Å². The minimum Gasteiger partial charge on any atom is -0.457 e. The Labute approximate surface area is 180 Å². The number of carbonyl (C=O) groups is 2. The van der Waals surface area contributed by atoms with Crippen LogP contribution in [0.2, 0.25) is 0 Å². The molecule has 1 saturated heterocycles. The van der Waals surface area contributed by atoms with Crippen LogP contribution in [0.3, 0.4) is 0 Å². The van der Waals surface area contributed by atoms with Crippen LogP contribution in [0.1, 0.15) is 21.5 Å². The van der Waals surface area contributed by atoms with Crippen LogP contribution >= 0.6 is 0 Å². The number of rotatable bonds is 4. The molecule has 0 aliphatic carbocycles. The molecule has 0 bridgehead atoms. The van der Waals surface area contributed by atoms with E-state index in [0.29, 0.717) is 30.9 Å². The molecule has 6 nitrogen and oxygen atoms in total. The van der Waals surface area contributed by atoms with Gasteiger partial charge in [0.05, 0.1) is 18.7 Å². The topological polar surface area (TPSA) is 54.2 Å². The van der Waals surface area contributed by atoms with Crippen molar-refractivity contribution in [1.82, 2.24) is 4.90 Å². The van der Waals surface area contributed by atoms with Crippen LogP contribution in [0.25, 0.3) is 15.6 Å². The number of esters is 1.